The normalized spacial score (nSPS) is 11.8. The summed E-state index contributed by atoms with van der Waals surface area (Å²) in [5, 5.41) is 23.2. The highest BCUT2D eigenvalue weighted by Crippen LogP contribution is 2.21. The first-order valence-electron chi connectivity index (χ1n) is 7.18. The molecule has 2 amide bonds. The van der Waals surface area contributed by atoms with E-state index < -0.39 is 4.92 Å². The van der Waals surface area contributed by atoms with Gasteiger partial charge in [-0.3, -0.25) is 15.2 Å². The number of urea groups is 1. The van der Waals surface area contributed by atoms with Crippen molar-refractivity contribution in [3.8, 4) is 0 Å². The Bertz CT molecular complexity index is 726. The van der Waals surface area contributed by atoms with Crippen LogP contribution in [0.2, 0.25) is 0 Å². The molecule has 1 atom stereocenters. The Hall–Kier alpha value is -2.90. The van der Waals surface area contributed by atoms with Gasteiger partial charge in [-0.2, -0.15) is 5.10 Å². The summed E-state index contributed by atoms with van der Waals surface area (Å²) in [7, 11) is 0. The van der Waals surface area contributed by atoms with E-state index in [1.807, 2.05) is 19.9 Å². The van der Waals surface area contributed by atoms with Crippen LogP contribution in [-0.2, 0) is 6.42 Å². The highest BCUT2D eigenvalue weighted by molar-refractivity contribution is 5.90. The SMILES string of the molecule is Cc1cc(CC(C)NC(=O)Nc2ccc([N+](=O)[O-])cc2C)n[nH]1. The topological polar surface area (TPSA) is 113 Å². The minimum atomic E-state index is -0.467. The molecule has 1 aromatic carbocycles. The number of rotatable bonds is 5. The lowest BCUT2D eigenvalue weighted by molar-refractivity contribution is -0.384. The monoisotopic (exact) mass is 317 g/mol. The first-order chi connectivity index (χ1) is 10.8. The van der Waals surface area contributed by atoms with Gasteiger partial charge < -0.3 is 10.6 Å². The summed E-state index contributed by atoms with van der Waals surface area (Å²) in [4.78, 5) is 22.2. The van der Waals surface area contributed by atoms with Gasteiger partial charge in [-0.1, -0.05) is 0 Å². The van der Waals surface area contributed by atoms with E-state index in [1.165, 1.54) is 18.2 Å². The summed E-state index contributed by atoms with van der Waals surface area (Å²) in [6.45, 7) is 5.50. The number of nitro groups is 1. The first-order valence-corrected chi connectivity index (χ1v) is 7.18. The van der Waals surface area contributed by atoms with Crippen molar-refractivity contribution >= 4 is 17.4 Å². The molecule has 0 fully saturated rings. The number of carbonyl (C=O) groups is 1. The van der Waals surface area contributed by atoms with Crippen molar-refractivity contribution in [1.29, 1.82) is 0 Å². The van der Waals surface area contributed by atoms with Crippen LogP contribution in [0.3, 0.4) is 0 Å². The number of amides is 2. The van der Waals surface area contributed by atoms with E-state index in [-0.39, 0.29) is 17.8 Å². The molecule has 0 saturated carbocycles. The lowest BCUT2D eigenvalue weighted by atomic mass is 10.1. The van der Waals surface area contributed by atoms with Crippen LogP contribution >= 0.6 is 0 Å². The highest BCUT2D eigenvalue weighted by atomic mass is 16.6. The van der Waals surface area contributed by atoms with Gasteiger partial charge in [0.25, 0.3) is 5.69 Å². The predicted molar refractivity (Wildman–Crippen MR) is 86.5 cm³/mol. The molecule has 0 spiro atoms. The molecule has 0 radical (unpaired) electrons. The lowest BCUT2D eigenvalue weighted by Crippen LogP contribution is -2.37. The predicted octanol–water partition coefficient (Wildman–Crippen LogP) is 2.69. The smallest absolute Gasteiger partial charge is 0.319 e. The van der Waals surface area contributed by atoms with Crippen LogP contribution in [0.4, 0.5) is 16.2 Å². The number of nitrogens with one attached hydrogen (secondary N) is 3. The second kappa shape index (κ2) is 6.91. The molecule has 3 N–H and O–H groups in total. The Labute approximate surface area is 133 Å². The quantitative estimate of drug-likeness (QED) is 0.581. The Morgan fingerprint density at radius 3 is 2.70 bits per heavy atom. The van der Waals surface area contributed by atoms with Crippen molar-refractivity contribution in [3.05, 3.63) is 51.3 Å². The summed E-state index contributed by atoms with van der Waals surface area (Å²) < 4.78 is 0. The molecule has 23 heavy (non-hydrogen) atoms. The summed E-state index contributed by atoms with van der Waals surface area (Å²) in [5.74, 6) is 0. The third-order valence-electron chi connectivity index (χ3n) is 3.32. The standard InChI is InChI=1S/C15H19N5O3/c1-9-6-13(20(22)23)4-5-14(9)17-15(21)16-10(2)7-12-8-11(3)18-19-12/h4-6,8,10H,7H2,1-3H3,(H,18,19)(H2,16,17,21). The molecular formula is C15H19N5O3. The van der Waals surface area contributed by atoms with Crippen LogP contribution in [0.15, 0.2) is 24.3 Å². The number of nitro benzene ring substituents is 1. The number of hydrogen-bond donors (Lipinski definition) is 3. The molecular weight excluding hydrogens is 298 g/mol. The van der Waals surface area contributed by atoms with Gasteiger partial charge in [0.15, 0.2) is 0 Å². The molecule has 1 aromatic heterocycles. The van der Waals surface area contributed by atoms with Gasteiger partial charge in [-0.05, 0) is 38.5 Å². The minimum absolute atomic E-state index is 0.00396. The van der Waals surface area contributed by atoms with Crippen LogP contribution in [0.1, 0.15) is 23.9 Å². The second-order valence-electron chi connectivity index (χ2n) is 5.50. The summed E-state index contributed by atoms with van der Waals surface area (Å²) in [6.07, 6.45) is 0.608. The number of H-pyrrole nitrogens is 1. The molecule has 0 saturated heterocycles. The molecule has 0 aliphatic rings. The summed E-state index contributed by atoms with van der Waals surface area (Å²) >= 11 is 0. The van der Waals surface area contributed by atoms with Crippen molar-refractivity contribution in [2.24, 2.45) is 0 Å². The number of anilines is 1. The van der Waals surface area contributed by atoms with Crippen molar-refractivity contribution in [2.75, 3.05) is 5.32 Å². The van der Waals surface area contributed by atoms with E-state index >= 15 is 0 Å². The first kappa shape index (κ1) is 16.5. The zero-order chi connectivity index (χ0) is 17.0. The second-order valence-corrected chi connectivity index (χ2v) is 5.50. The average Bonchev–Trinajstić information content (AvgIpc) is 2.85. The molecule has 122 valence electrons. The van der Waals surface area contributed by atoms with Gasteiger partial charge in [0.1, 0.15) is 0 Å². The Kier molecular flexibility index (Phi) is 4.95. The molecule has 1 unspecified atom stereocenters. The maximum absolute atomic E-state index is 12.0. The van der Waals surface area contributed by atoms with Gasteiger partial charge in [0, 0.05) is 36.0 Å². The van der Waals surface area contributed by atoms with E-state index in [4.69, 9.17) is 0 Å². The molecule has 2 aromatic rings. The van der Waals surface area contributed by atoms with E-state index in [1.54, 1.807) is 6.92 Å². The largest absolute Gasteiger partial charge is 0.335 e. The van der Waals surface area contributed by atoms with Gasteiger partial charge in [-0.15, -0.1) is 0 Å². The molecule has 8 nitrogen and oxygen atoms in total. The minimum Gasteiger partial charge on any atom is -0.335 e. The molecule has 2 rings (SSSR count). The maximum Gasteiger partial charge on any atom is 0.319 e. The van der Waals surface area contributed by atoms with Gasteiger partial charge in [-0.25, -0.2) is 4.79 Å². The third-order valence-corrected chi connectivity index (χ3v) is 3.32. The Morgan fingerprint density at radius 1 is 1.39 bits per heavy atom. The number of hydrogen-bond acceptors (Lipinski definition) is 4. The molecule has 0 aliphatic heterocycles. The summed E-state index contributed by atoms with van der Waals surface area (Å²) in [6, 6.07) is 5.77. The van der Waals surface area contributed by atoms with Crippen LogP contribution in [0.5, 0.6) is 0 Å². The molecule has 0 bridgehead atoms. The lowest BCUT2D eigenvalue weighted by Gasteiger charge is -2.14. The highest BCUT2D eigenvalue weighted by Gasteiger charge is 2.13. The Morgan fingerprint density at radius 2 is 2.13 bits per heavy atom. The fourth-order valence-corrected chi connectivity index (χ4v) is 2.23. The number of aromatic amines is 1. The molecule has 0 aliphatic carbocycles. The molecule has 1 heterocycles. The van der Waals surface area contributed by atoms with Crippen molar-refractivity contribution in [1.82, 2.24) is 15.5 Å². The van der Waals surface area contributed by atoms with Crippen molar-refractivity contribution in [3.63, 3.8) is 0 Å². The summed E-state index contributed by atoms with van der Waals surface area (Å²) in [5.41, 5.74) is 3.01. The van der Waals surface area contributed by atoms with Crippen LogP contribution in [-0.4, -0.2) is 27.2 Å². The van der Waals surface area contributed by atoms with Crippen LogP contribution in [0, 0.1) is 24.0 Å². The van der Waals surface area contributed by atoms with E-state index in [0.29, 0.717) is 17.7 Å². The number of carbonyl (C=O) groups excluding carboxylic acids is 1. The van der Waals surface area contributed by atoms with Gasteiger partial charge in [0.2, 0.25) is 0 Å². The van der Waals surface area contributed by atoms with E-state index in [2.05, 4.69) is 20.8 Å². The Balaban J connectivity index is 1.92. The third kappa shape index (κ3) is 4.53. The number of benzene rings is 1. The number of nitrogens with zero attached hydrogens (tertiary/aromatic N) is 2. The van der Waals surface area contributed by atoms with Gasteiger partial charge in [0.05, 0.1) is 10.6 Å². The van der Waals surface area contributed by atoms with Crippen molar-refractivity contribution in [2.45, 2.75) is 33.2 Å². The van der Waals surface area contributed by atoms with Crippen molar-refractivity contribution < 1.29 is 9.72 Å². The average molecular weight is 317 g/mol. The van der Waals surface area contributed by atoms with E-state index in [0.717, 1.165) is 11.4 Å². The number of aromatic nitrogens is 2. The zero-order valence-electron chi connectivity index (χ0n) is 13.2. The fourth-order valence-electron chi connectivity index (χ4n) is 2.23. The van der Waals surface area contributed by atoms with Gasteiger partial charge >= 0.3 is 6.03 Å². The molecule has 8 heteroatoms. The maximum atomic E-state index is 12.0. The van der Waals surface area contributed by atoms with E-state index in [9.17, 15) is 14.9 Å². The van der Waals surface area contributed by atoms with Crippen LogP contribution < -0.4 is 10.6 Å². The number of aryl methyl sites for hydroxylation is 2. The fraction of sp³-hybridized carbons (Fsp3) is 0.333. The number of non-ortho nitro benzene ring substituents is 1. The van der Waals surface area contributed by atoms with Crippen LogP contribution in [0.25, 0.3) is 0 Å². The zero-order valence-corrected chi connectivity index (χ0v) is 13.2.